The first-order valence-corrected chi connectivity index (χ1v) is 9.46. The van der Waals surface area contributed by atoms with Gasteiger partial charge in [-0.25, -0.2) is 0 Å². The topological polar surface area (TPSA) is 64.4 Å². The van der Waals surface area contributed by atoms with Crippen LogP contribution in [0.25, 0.3) is 0 Å². The Morgan fingerprint density at radius 3 is 2.76 bits per heavy atom. The Kier molecular flexibility index (Phi) is 7.73. The van der Waals surface area contributed by atoms with Crippen LogP contribution in [0.4, 0.5) is 0 Å². The molecule has 1 aromatic rings. The summed E-state index contributed by atoms with van der Waals surface area (Å²) >= 11 is 0. The summed E-state index contributed by atoms with van der Waals surface area (Å²) < 4.78 is 6.08. The van der Waals surface area contributed by atoms with Gasteiger partial charge in [0.05, 0.1) is 11.6 Å². The second-order valence-corrected chi connectivity index (χ2v) is 7.28. The number of rotatable bonds is 6. The minimum absolute atomic E-state index is 0. The Labute approximate surface area is 157 Å². The number of fused-ring (bicyclic) bond motifs is 1. The van der Waals surface area contributed by atoms with E-state index in [0.29, 0.717) is 13.2 Å². The lowest BCUT2D eigenvalue weighted by atomic mass is 9.82. The lowest BCUT2D eigenvalue weighted by Crippen LogP contribution is -2.55. The van der Waals surface area contributed by atoms with E-state index in [2.05, 4.69) is 29.6 Å². The van der Waals surface area contributed by atoms with E-state index in [0.717, 1.165) is 44.9 Å². The molecule has 1 unspecified atom stereocenters. The maximum atomic E-state index is 12.3. The van der Waals surface area contributed by atoms with Crippen molar-refractivity contribution in [3.63, 3.8) is 0 Å². The zero-order valence-corrected chi connectivity index (χ0v) is 15.8. The summed E-state index contributed by atoms with van der Waals surface area (Å²) in [7, 11) is 0. The number of amides is 1. The Bertz CT molecular complexity index is 558. The summed E-state index contributed by atoms with van der Waals surface area (Å²) in [6, 6.07) is 8.58. The van der Waals surface area contributed by atoms with Crippen LogP contribution in [-0.2, 0) is 16.0 Å². The molecule has 1 saturated carbocycles. The molecule has 0 aliphatic heterocycles. The van der Waals surface area contributed by atoms with Crippen molar-refractivity contribution >= 4 is 18.3 Å². The SMILES string of the molecule is Cl.NC1(C(=O)NCCCOC2CCCc3ccccc32)CCCCC1. The van der Waals surface area contributed by atoms with Gasteiger partial charge >= 0.3 is 0 Å². The van der Waals surface area contributed by atoms with Crippen molar-refractivity contribution in [2.45, 2.75) is 69.4 Å². The molecule has 1 amide bonds. The van der Waals surface area contributed by atoms with Crippen LogP contribution in [0.3, 0.4) is 0 Å². The van der Waals surface area contributed by atoms with Crippen LogP contribution in [0.5, 0.6) is 0 Å². The van der Waals surface area contributed by atoms with Crippen LogP contribution in [-0.4, -0.2) is 24.6 Å². The molecular formula is C20H31ClN2O2. The first-order valence-electron chi connectivity index (χ1n) is 9.46. The standard InChI is InChI=1S/C20H30N2O2.ClH/c21-20(12-4-1-5-13-20)19(23)22-14-7-15-24-18-11-6-9-16-8-2-3-10-17(16)18;/h2-3,8,10,18H,1,4-7,9,11-15,21H2,(H,22,23);1H. The molecule has 0 radical (unpaired) electrons. The summed E-state index contributed by atoms with van der Waals surface area (Å²) in [6.45, 7) is 1.32. The van der Waals surface area contributed by atoms with Crippen LogP contribution >= 0.6 is 12.4 Å². The highest BCUT2D eigenvalue weighted by Gasteiger charge is 2.34. The number of aryl methyl sites for hydroxylation is 1. The minimum Gasteiger partial charge on any atom is -0.373 e. The molecule has 3 rings (SSSR count). The van der Waals surface area contributed by atoms with E-state index in [1.54, 1.807) is 0 Å². The average molecular weight is 367 g/mol. The molecule has 25 heavy (non-hydrogen) atoms. The molecule has 5 heteroatoms. The Hall–Kier alpha value is -1.10. The number of nitrogens with two attached hydrogens (primary N) is 1. The molecule has 2 aliphatic carbocycles. The number of hydrogen-bond acceptors (Lipinski definition) is 3. The van der Waals surface area contributed by atoms with Gasteiger partial charge < -0.3 is 15.8 Å². The summed E-state index contributed by atoms with van der Waals surface area (Å²) in [5.74, 6) is 0.0187. The number of hydrogen-bond donors (Lipinski definition) is 2. The molecule has 0 aromatic heterocycles. The fourth-order valence-electron chi connectivity index (χ4n) is 3.97. The second kappa shape index (κ2) is 9.56. The maximum Gasteiger partial charge on any atom is 0.240 e. The van der Waals surface area contributed by atoms with Gasteiger partial charge in [-0.05, 0) is 49.7 Å². The van der Waals surface area contributed by atoms with Crippen LogP contribution in [0, 0.1) is 0 Å². The van der Waals surface area contributed by atoms with Gasteiger partial charge in [-0.15, -0.1) is 12.4 Å². The summed E-state index contributed by atoms with van der Waals surface area (Å²) in [5.41, 5.74) is 8.37. The van der Waals surface area contributed by atoms with Gasteiger partial charge in [-0.1, -0.05) is 43.5 Å². The Balaban J connectivity index is 0.00000225. The fraction of sp³-hybridized carbons (Fsp3) is 0.650. The largest absolute Gasteiger partial charge is 0.373 e. The summed E-state index contributed by atoms with van der Waals surface area (Å²) in [4.78, 5) is 12.3. The van der Waals surface area contributed by atoms with E-state index in [4.69, 9.17) is 10.5 Å². The van der Waals surface area contributed by atoms with Crippen LogP contribution in [0.15, 0.2) is 24.3 Å². The molecule has 2 aliphatic rings. The van der Waals surface area contributed by atoms with Crippen molar-refractivity contribution in [1.29, 1.82) is 0 Å². The van der Waals surface area contributed by atoms with Crippen molar-refractivity contribution in [2.24, 2.45) is 5.73 Å². The molecular weight excluding hydrogens is 336 g/mol. The predicted molar refractivity (Wildman–Crippen MR) is 103 cm³/mol. The zero-order valence-electron chi connectivity index (χ0n) is 15.0. The second-order valence-electron chi connectivity index (χ2n) is 7.28. The lowest BCUT2D eigenvalue weighted by Gasteiger charge is -2.31. The third-order valence-electron chi connectivity index (χ3n) is 5.44. The number of benzene rings is 1. The van der Waals surface area contributed by atoms with E-state index in [1.807, 2.05) is 0 Å². The molecule has 1 aromatic carbocycles. The van der Waals surface area contributed by atoms with Crippen LogP contribution < -0.4 is 11.1 Å². The van der Waals surface area contributed by atoms with Gasteiger partial charge in [0.15, 0.2) is 0 Å². The van der Waals surface area contributed by atoms with Crippen LogP contribution in [0.2, 0.25) is 0 Å². The molecule has 140 valence electrons. The van der Waals surface area contributed by atoms with Crippen molar-refractivity contribution < 1.29 is 9.53 Å². The number of ether oxygens (including phenoxy) is 1. The monoisotopic (exact) mass is 366 g/mol. The quantitative estimate of drug-likeness (QED) is 0.755. The molecule has 0 bridgehead atoms. The fourth-order valence-corrected chi connectivity index (χ4v) is 3.97. The average Bonchev–Trinajstić information content (AvgIpc) is 2.62. The molecule has 4 nitrogen and oxygen atoms in total. The summed E-state index contributed by atoms with van der Waals surface area (Å²) in [5, 5.41) is 3.01. The normalized spacial score (nSPS) is 21.7. The number of nitrogens with one attached hydrogen (secondary N) is 1. The van der Waals surface area contributed by atoms with Crippen LogP contribution in [0.1, 0.15) is 68.6 Å². The molecule has 1 fully saturated rings. The number of carbonyl (C=O) groups excluding carboxylic acids is 1. The smallest absolute Gasteiger partial charge is 0.240 e. The number of carbonyl (C=O) groups is 1. The van der Waals surface area contributed by atoms with Gasteiger partial charge in [-0.3, -0.25) is 4.79 Å². The van der Waals surface area contributed by atoms with E-state index in [9.17, 15) is 4.79 Å². The lowest BCUT2D eigenvalue weighted by molar-refractivity contribution is -0.127. The summed E-state index contributed by atoms with van der Waals surface area (Å²) in [6.07, 6.45) is 9.44. The minimum atomic E-state index is -0.637. The number of halogens is 1. The molecule has 0 saturated heterocycles. The van der Waals surface area contributed by atoms with Gasteiger partial charge in [0.25, 0.3) is 0 Å². The molecule has 0 heterocycles. The first-order chi connectivity index (χ1) is 11.7. The maximum absolute atomic E-state index is 12.3. The molecule has 3 N–H and O–H groups in total. The van der Waals surface area contributed by atoms with E-state index in [-0.39, 0.29) is 24.4 Å². The highest BCUT2D eigenvalue weighted by atomic mass is 35.5. The van der Waals surface area contributed by atoms with E-state index >= 15 is 0 Å². The third kappa shape index (κ3) is 5.19. The van der Waals surface area contributed by atoms with Gasteiger partial charge in [0, 0.05) is 13.2 Å². The van der Waals surface area contributed by atoms with Crippen molar-refractivity contribution in [3.8, 4) is 0 Å². The Morgan fingerprint density at radius 1 is 1.20 bits per heavy atom. The van der Waals surface area contributed by atoms with Crippen molar-refractivity contribution in [1.82, 2.24) is 5.32 Å². The highest BCUT2D eigenvalue weighted by Crippen LogP contribution is 2.32. The zero-order chi connectivity index (χ0) is 16.8. The third-order valence-corrected chi connectivity index (χ3v) is 5.44. The van der Waals surface area contributed by atoms with Gasteiger partial charge in [0.2, 0.25) is 5.91 Å². The van der Waals surface area contributed by atoms with E-state index in [1.165, 1.54) is 24.0 Å². The molecule has 1 atom stereocenters. The van der Waals surface area contributed by atoms with Crippen molar-refractivity contribution in [2.75, 3.05) is 13.2 Å². The van der Waals surface area contributed by atoms with Gasteiger partial charge in [0.1, 0.15) is 0 Å². The van der Waals surface area contributed by atoms with Gasteiger partial charge in [-0.2, -0.15) is 0 Å². The van der Waals surface area contributed by atoms with Crippen molar-refractivity contribution in [3.05, 3.63) is 35.4 Å². The van der Waals surface area contributed by atoms with E-state index < -0.39 is 5.54 Å². The molecule has 0 spiro atoms. The predicted octanol–water partition coefficient (Wildman–Crippen LogP) is 3.67. The highest BCUT2D eigenvalue weighted by molar-refractivity contribution is 5.86. The Morgan fingerprint density at radius 2 is 1.96 bits per heavy atom. The first kappa shape index (κ1) is 20.2.